The number of ether oxygens (including phenoxy) is 2. The number of methoxy groups -OCH3 is 2. The lowest BCUT2D eigenvalue weighted by Crippen LogP contribution is -2.30. The van der Waals surface area contributed by atoms with Crippen molar-refractivity contribution in [3.8, 4) is 5.75 Å². The van der Waals surface area contributed by atoms with Crippen LogP contribution in [0.5, 0.6) is 5.75 Å². The Hall–Kier alpha value is -3.88. The van der Waals surface area contributed by atoms with Crippen LogP contribution in [-0.4, -0.2) is 43.1 Å². The van der Waals surface area contributed by atoms with Crippen LogP contribution in [0.2, 0.25) is 0 Å². The average Bonchev–Trinajstić information content (AvgIpc) is 2.66. The number of hydrogen-bond acceptors (Lipinski definition) is 7. The molecule has 0 spiro atoms. The fourth-order valence-corrected chi connectivity index (χ4v) is 2.13. The molecule has 0 fully saturated rings. The van der Waals surface area contributed by atoms with E-state index in [0.717, 1.165) is 7.11 Å². The molecule has 140 valence electrons. The van der Waals surface area contributed by atoms with E-state index in [2.05, 4.69) is 20.1 Å². The van der Waals surface area contributed by atoms with Gasteiger partial charge < -0.3 is 25.2 Å². The number of aromatic hydroxyl groups is 1. The largest absolute Gasteiger partial charge is 0.508 e. The van der Waals surface area contributed by atoms with E-state index in [0.29, 0.717) is 0 Å². The molecule has 0 aliphatic carbocycles. The van der Waals surface area contributed by atoms with Gasteiger partial charge in [-0.15, -0.1) is 0 Å². The predicted molar refractivity (Wildman–Crippen MR) is 94.5 cm³/mol. The molecule has 0 heterocycles. The van der Waals surface area contributed by atoms with Crippen molar-refractivity contribution in [2.24, 2.45) is 0 Å². The van der Waals surface area contributed by atoms with Crippen LogP contribution in [-0.2, 0) is 19.1 Å². The molecule has 0 saturated carbocycles. The fraction of sp³-hybridized carbons (Fsp3) is 0.111. The minimum absolute atomic E-state index is 0.0522. The Kier molecular flexibility index (Phi) is 6.10. The molecule has 9 nitrogen and oxygen atoms in total. The first-order valence-electron chi connectivity index (χ1n) is 7.57. The zero-order chi connectivity index (χ0) is 20.0. The van der Waals surface area contributed by atoms with Gasteiger partial charge in [0, 0.05) is 11.8 Å². The lowest BCUT2D eigenvalue weighted by molar-refractivity contribution is -0.133. The van der Waals surface area contributed by atoms with E-state index in [9.17, 15) is 24.3 Å². The second-order valence-corrected chi connectivity index (χ2v) is 5.20. The first-order valence-corrected chi connectivity index (χ1v) is 7.57. The summed E-state index contributed by atoms with van der Waals surface area (Å²) < 4.78 is 9.21. The van der Waals surface area contributed by atoms with Gasteiger partial charge in [-0.3, -0.25) is 9.59 Å². The minimum Gasteiger partial charge on any atom is -0.508 e. The number of anilines is 2. The molecule has 0 aliphatic heterocycles. The SMILES string of the molecule is COC(=O)c1ccc(C(=O)OC)c(NC(=O)C(=O)Nc2cccc(O)c2)c1. The number of carbonyl (C=O) groups excluding carboxylic acids is 4. The smallest absolute Gasteiger partial charge is 0.339 e. The van der Waals surface area contributed by atoms with Crippen LogP contribution in [0.25, 0.3) is 0 Å². The number of phenolic OH excluding ortho intramolecular Hbond substituents is 1. The predicted octanol–water partition coefficient (Wildman–Crippen LogP) is 1.54. The molecule has 2 aromatic rings. The second kappa shape index (κ2) is 8.48. The highest BCUT2D eigenvalue weighted by molar-refractivity contribution is 6.44. The van der Waals surface area contributed by atoms with Crippen molar-refractivity contribution in [2.75, 3.05) is 24.9 Å². The molecule has 2 rings (SSSR count). The van der Waals surface area contributed by atoms with Gasteiger partial charge in [0.1, 0.15) is 5.75 Å². The Balaban J connectivity index is 2.25. The lowest BCUT2D eigenvalue weighted by Gasteiger charge is -2.11. The molecular formula is C18H16N2O7. The van der Waals surface area contributed by atoms with E-state index in [1.54, 1.807) is 0 Å². The van der Waals surface area contributed by atoms with Crippen LogP contribution < -0.4 is 10.6 Å². The molecule has 3 N–H and O–H groups in total. The summed E-state index contributed by atoms with van der Waals surface area (Å²) in [5, 5.41) is 13.9. The quantitative estimate of drug-likeness (QED) is 0.548. The normalized spacial score (nSPS) is 9.85. The van der Waals surface area contributed by atoms with E-state index in [1.165, 1.54) is 49.6 Å². The topological polar surface area (TPSA) is 131 Å². The van der Waals surface area contributed by atoms with E-state index < -0.39 is 23.8 Å². The van der Waals surface area contributed by atoms with Gasteiger partial charge in [0.15, 0.2) is 0 Å². The summed E-state index contributed by atoms with van der Waals surface area (Å²) in [6.07, 6.45) is 0. The minimum atomic E-state index is -1.09. The lowest BCUT2D eigenvalue weighted by atomic mass is 10.1. The fourth-order valence-electron chi connectivity index (χ4n) is 2.13. The summed E-state index contributed by atoms with van der Waals surface area (Å²) in [4.78, 5) is 47.7. The molecule has 0 atom stereocenters. The van der Waals surface area contributed by atoms with Gasteiger partial charge in [0.2, 0.25) is 0 Å². The van der Waals surface area contributed by atoms with Crippen molar-refractivity contribution >= 4 is 35.1 Å². The van der Waals surface area contributed by atoms with Crippen LogP contribution in [0.3, 0.4) is 0 Å². The second-order valence-electron chi connectivity index (χ2n) is 5.20. The van der Waals surface area contributed by atoms with Crippen molar-refractivity contribution in [1.29, 1.82) is 0 Å². The number of phenols is 1. The number of carbonyl (C=O) groups is 4. The standard InChI is InChI=1S/C18H16N2O7/c1-26-17(24)10-6-7-13(18(25)27-2)14(8-10)20-16(23)15(22)19-11-4-3-5-12(21)9-11/h3-9,21H,1-2H3,(H,19,22)(H,20,23). The van der Waals surface area contributed by atoms with E-state index >= 15 is 0 Å². The molecule has 0 unspecified atom stereocenters. The van der Waals surface area contributed by atoms with Crippen LogP contribution >= 0.6 is 0 Å². The number of nitrogens with one attached hydrogen (secondary N) is 2. The van der Waals surface area contributed by atoms with Crippen molar-refractivity contribution in [2.45, 2.75) is 0 Å². The summed E-state index contributed by atoms with van der Waals surface area (Å²) in [6.45, 7) is 0. The number of amides is 2. The summed E-state index contributed by atoms with van der Waals surface area (Å²) in [6, 6.07) is 9.39. The third-order valence-electron chi connectivity index (χ3n) is 3.40. The summed E-state index contributed by atoms with van der Waals surface area (Å²) >= 11 is 0. The van der Waals surface area contributed by atoms with Crippen LogP contribution in [0.1, 0.15) is 20.7 Å². The van der Waals surface area contributed by atoms with Gasteiger partial charge in [-0.2, -0.15) is 0 Å². The van der Waals surface area contributed by atoms with Crippen molar-refractivity contribution < 1.29 is 33.8 Å². The van der Waals surface area contributed by atoms with Crippen molar-refractivity contribution in [1.82, 2.24) is 0 Å². The zero-order valence-corrected chi connectivity index (χ0v) is 14.4. The maximum absolute atomic E-state index is 12.2. The summed E-state index contributed by atoms with van der Waals surface area (Å²) in [7, 11) is 2.33. The highest BCUT2D eigenvalue weighted by Gasteiger charge is 2.20. The molecular weight excluding hydrogens is 356 g/mol. The first kappa shape index (κ1) is 19.4. The zero-order valence-electron chi connectivity index (χ0n) is 14.4. The van der Waals surface area contributed by atoms with Crippen LogP contribution in [0.15, 0.2) is 42.5 Å². The van der Waals surface area contributed by atoms with Gasteiger partial charge in [-0.05, 0) is 30.3 Å². The van der Waals surface area contributed by atoms with E-state index in [-0.39, 0.29) is 28.3 Å². The molecule has 2 aromatic carbocycles. The van der Waals surface area contributed by atoms with Gasteiger partial charge in [0.05, 0.1) is 31.0 Å². The van der Waals surface area contributed by atoms with Crippen molar-refractivity contribution in [3.05, 3.63) is 53.6 Å². The molecule has 2 amide bonds. The number of esters is 2. The van der Waals surface area contributed by atoms with E-state index in [4.69, 9.17) is 0 Å². The Morgan fingerprint density at radius 3 is 2.15 bits per heavy atom. The summed E-state index contributed by atoms with van der Waals surface area (Å²) in [5.74, 6) is -3.68. The molecule has 27 heavy (non-hydrogen) atoms. The molecule has 0 aliphatic rings. The molecule has 0 bridgehead atoms. The van der Waals surface area contributed by atoms with Gasteiger partial charge in [0.25, 0.3) is 0 Å². The third-order valence-corrected chi connectivity index (χ3v) is 3.40. The Bertz CT molecular complexity index is 908. The monoisotopic (exact) mass is 372 g/mol. The van der Waals surface area contributed by atoms with Gasteiger partial charge in [-0.25, -0.2) is 9.59 Å². The number of benzene rings is 2. The van der Waals surface area contributed by atoms with Gasteiger partial charge >= 0.3 is 23.8 Å². The van der Waals surface area contributed by atoms with Crippen LogP contribution in [0, 0.1) is 0 Å². The first-order chi connectivity index (χ1) is 12.8. The highest BCUT2D eigenvalue weighted by atomic mass is 16.5. The molecule has 0 saturated heterocycles. The Morgan fingerprint density at radius 1 is 0.852 bits per heavy atom. The van der Waals surface area contributed by atoms with Gasteiger partial charge in [-0.1, -0.05) is 6.07 Å². The third kappa shape index (κ3) is 4.82. The van der Waals surface area contributed by atoms with Crippen molar-refractivity contribution in [3.63, 3.8) is 0 Å². The maximum atomic E-state index is 12.2. The maximum Gasteiger partial charge on any atom is 0.339 e. The average molecular weight is 372 g/mol. The number of rotatable bonds is 4. The van der Waals surface area contributed by atoms with E-state index in [1.807, 2.05) is 0 Å². The van der Waals surface area contributed by atoms with Crippen LogP contribution in [0.4, 0.5) is 11.4 Å². The number of hydrogen-bond donors (Lipinski definition) is 3. The highest BCUT2D eigenvalue weighted by Crippen LogP contribution is 2.20. The Morgan fingerprint density at radius 2 is 1.52 bits per heavy atom. The Labute approximate surface area is 153 Å². The summed E-state index contributed by atoms with van der Waals surface area (Å²) in [5.41, 5.74) is 0.116. The molecule has 0 radical (unpaired) electrons. The molecule has 0 aromatic heterocycles. The molecule has 9 heteroatoms.